The summed E-state index contributed by atoms with van der Waals surface area (Å²) in [5.41, 5.74) is 0. The van der Waals surface area contributed by atoms with Gasteiger partial charge in [-0.1, -0.05) is 18.2 Å². The predicted molar refractivity (Wildman–Crippen MR) is 76.7 cm³/mol. The Kier molecular flexibility index (Phi) is 6.14. The molecule has 1 aliphatic rings. The fraction of sp³-hybridized carbons (Fsp3) is 0.600. The van der Waals surface area contributed by atoms with Gasteiger partial charge in [-0.25, -0.2) is 0 Å². The molecule has 1 aromatic carbocycles. The van der Waals surface area contributed by atoms with Crippen LogP contribution >= 0.6 is 0 Å². The minimum Gasteiger partial charge on any atom is -0.491 e. The number of para-hydroxylation sites is 1. The normalized spacial score (nSPS) is 20.4. The zero-order valence-corrected chi connectivity index (χ0v) is 11.7. The molecule has 0 unspecified atom stereocenters. The molecule has 19 heavy (non-hydrogen) atoms. The van der Waals surface area contributed by atoms with Gasteiger partial charge in [-0.2, -0.15) is 0 Å². The fourth-order valence-corrected chi connectivity index (χ4v) is 2.23. The Morgan fingerprint density at radius 3 is 2.84 bits per heavy atom. The van der Waals surface area contributed by atoms with Crippen LogP contribution in [-0.2, 0) is 4.74 Å². The third kappa shape index (κ3) is 5.19. The topological polar surface area (TPSA) is 33.7 Å². The Morgan fingerprint density at radius 1 is 1.21 bits per heavy atom. The van der Waals surface area contributed by atoms with Gasteiger partial charge in [0.2, 0.25) is 0 Å². The van der Waals surface area contributed by atoms with Gasteiger partial charge in [-0.3, -0.25) is 4.90 Å². The van der Waals surface area contributed by atoms with Crippen molar-refractivity contribution >= 4 is 0 Å². The van der Waals surface area contributed by atoms with Gasteiger partial charge in [-0.15, -0.1) is 0 Å². The summed E-state index contributed by atoms with van der Waals surface area (Å²) in [5, 5.41) is 3.39. The van der Waals surface area contributed by atoms with E-state index in [2.05, 4.69) is 17.1 Å². The monoisotopic (exact) mass is 264 g/mol. The summed E-state index contributed by atoms with van der Waals surface area (Å²) in [6.45, 7) is 8.58. The molecule has 0 radical (unpaired) electrons. The first kappa shape index (κ1) is 14.3. The molecule has 1 heterocycles. The number of rotatable bonds is 7. The van der Waals surface area contributed by atoms with Crippen LogP contribution in [-0.4, -0.2) is 56.9 Å². The first-order valence-corrected chi connectivity index (χ1v) is 7.06. The van der Waals surface area contributed by atoms with Crippen LogP contribution in [0.1, 0.15) is 6.92 Å². The third-order valence-corrected chi connectivity index (χ3v) is 3.40. The van der Waals surface area contributed by atoms with Crippen molar-refractivity contribution in [3.63, 3.8) is 0 Å². The molecule has 1 aromatic rings. The summed E-state index contributed by atoms with van der Waals surface area (Å²) < 4.78 is 11.2. The van der Waals surface area contributed by atoms with E-state index in [1.165, 1.54) is 0 Å². The van der Waals surface area contributed by atoms with Crippen molar-refractivity contribution in [2.75, 3.05) is 46.0 Å². The lowest BCUT2D eigenvalue weighted by Gasteiger charge is -2.33. The number of hydrogen-bond donors (Lipinski definition) is 1. The highest BCUT2D eigenvalue weighted by Gasteiger charge is 2.16. The average Bonchev–Trinajstić information content (AvgIpc) is 2.45. The number of piperazine rings is 1. The maximum Gasteiger partial charge on any atom is 0.119 e. The predicted octanol–water partition coefficient (Wildman–Crippen LogP) is 1.38. The third-order valence-electron chi connectivity index (χ3n) is 3.40. The van der Waals surface area contributed by atoms with Crippen molar-refractivity contribution in [1.29, 1.82) is 0 Å². The smallest absolute Gasteiger partial charge is 0.119 e. The van der Waals surface area contributed by atoms with Gasteiger partial charge in [0, 0.05) is 32.2 Å². The molecule has 4 heteroatoms. The van der Waals surface area contributed by atoms with Crippen LogP contribution in [0.3, 0.4) is 0 Å². The molecule has 106 valence electrons. The van der Waals surface area contributed by atoms with Crippen LogP contribution in [0.4, 0.5) is 0 Å². The molecule has 1 saturated heterocycles. The first-order chi connectivity index (χ1) is 9.36. The Labute approximate surface area is 115 Å². The molecule has 0 spiro atoms. The van der Waals surface area contributed by atoms with Crippen molar-refractivity contribution < 1.29 is 9.47 Å². The van der Waals surface area contributed by atoms with E-state index >= 15 is 0 Å². The van der Waals surface area contributed by atoms with E-state index in [0.29, 0.717) is 19.3 Å². The van der Waals surface area contributed by atoms with Gasteiger partial charge in [0.05, 0.1) is 13.2 Å². The van der Waals surface area contributed by atoms with E-state index in [4.69, 9.17) is 9.47 Å². The minimum atomic E-state index is 0.609. The lowest BCUT2D eigenvalue weighted by molar-refractivity contribution is 0.0643. The highest BCUT2D eigenvalue weighted by molar-refractivity contribution is 5.20. The molecule has 2 rings (SSSR count). The lowest BCUT2D eigenvalue weighted by Crippen LogP contribution is -2.50. The average molecular weight is 264 g/mol. The summed E-state index contributed by atoms with van der Waals surface area (Å²) in [4.78, 5) is 2.47. The molecule has 0 aromatic heterocycles. The Morgan fingerprint density at radius 2 is 2.05 bits per heavy atom. The van der Waals surface area contributed by atoms with Crippen LogP contribution in [0.5, 0.6) is 5.75 Å². The van der Waals surface area contributed by atoms with Crippen LogP contribution in [0.2, 0.25) is 0 Å². The van der Waals surface area contributed by atoms with Crippen LogP contribution in [0.15, 0.2) is 30.3 Å². The summed E-state index contributed by atoms with van der Waals surface area (Å²) in [7, 11) is 0. The number of hydrogen-bond acceptors (Lipinski definition) is 4. The fourth-order valence-electron chi connectivity index (χ4n) is 2.23. The zero-order chi connectivity index (χ0) is 13.3. The Balaban J connectivity index is 1.50. The maximum atomic E-state index is 5.62. The van der Waals surface area contributed by atoms with Gasteiger partial charge in [0.1, 0.15) is 12.4 Å². The van der Waals surface area contributed by atoms with Crippen LogP contribution in [0, 0.1) is 0 Å². The molecular formula is C15H24N2O2. The summed E-state index contributed by atoms with van der Waals surface area (Å²) in [5.74, 6) is 0.904. The largest absolute Gasteiger partial charge is 0.491 e. The first-order valence-electron chi connectivity index (χ1n) is 7.06. The van der Waals surface area contributed by atoms with E-state index in [1.807, 2.05) is 30.3 Å². The van der Waals surface area contributed by atoms with E-state index in [1.54, 1.807) is 0 Å². The second-order valence-corrected chi connectivity index (χ2v) is 4.86. The highest BCUT2D eigenvalue weighted by Crippen LogP contribution is 2.07. The molecule has 0 saturated carbocycles. The maximum absolute atomic E-state index is 5.62. The van der Waals surface area contributed by atoms with E-state index in [9.17, 15) is 0 Å². The highest BCUT2D eigenvalue weighted by atomic mass is 16.5. The van der Waals surface area contributed by atoms with Gasteiger partial charge >= 0.3 is 0 Å². The minimum absolute atomic E-state index is 0.609. The molecule has 1 N–H and O–H groups in total. The number of nitrogens with zero attached hydrogens (tertiary/aromatic N) is 1. The molecule has 0 amide bonds. The van der Waals surface area contributed by atoms with Crippen molar-refractivity contribution in [2.24, 2.45) is 0 Å². The standard InChI is InChI=1S/C15H24N2O2/c1-14-13-16-7-8-17(14)9-10-18-11-12-19-15-5-3-2-4-6-15/h2-6,14,16H,7-13H2,1H3/t14-/m1/s1. The van der Waals surface area contributed by atoms with Gasteiger partial charge < -0.3 is 14.8 Å². The number of benzene rings is 1. The quantitative estimate of drug-likeness (QED) is 0.754. The number of ether oxygens (including phenoxy) is 2. The van der Waals surface area contributed by atoms with Gasteiger partial charge in [0.25, 0.3) is 0 Å². The molecule has 0 bridgehead atoms. The summed E-state index contributed by atoms with van der Waals surface area (Å²) >= 11 is 0. The van der Waals surface area contributed by atoms with Crippen LogP contribution in [0.25, 0.3) is 0 Å². The number of nitrogens with one attached hydrogen (secondary N) is 1. The molecular weight excluding hydrogens is 240 g/mol. The second-order valence-electron chi connectivity index (χ2n) is 4.86. The Bertz CT molecular complexity index is 345. The lowest BCUT2D eigenvalue weighted by atomic mass is 10.2. The van der Waals surface area contributed by atoms with E-state index in [0.717, 1.165) is 38.5 Å². The van der Waals surface area contributed by atoms with E-state index in [-0.39, 0.29) is 0 Å². The second kappa shape index (κ2) is 8.15. The molecule has 4 nitrogen and oxygen atoms in total. The molecule has 1 fully saturated rings. The van der Waals surface area contributed by atoms with Crippen molar-refractivity contribution in [2.45, 2.75) is 13.0 Å². The van der Waals surface area contributed by atoms with Gasteiger partial charge in [0.15, 0.2) is 0 Å². The molecule has 1 aliphatic heterocycles. The Hall–Kier alpha value is -1.10. The summed E-state index contributed by atoms with van der Waals surface area (Å²) in [6, 6.07) is 10.5. The SMILES string of the molecule is C[C@@H]1CNCCN1CCOCCOc1ccccc1. The van der Waals surface area contributed by atoms with Crippen molar-refractivity contribution in [1.82, 2.24) is 10.2 Å². The van der Waals surface area contributed by atoms with Crippen molar-refractivity contribution in [3.05, 3.63) is 30.3 Å². The van der Waals surface area contributed by atoms with Gasteiger partial charge in [-0.05, 0) is 19.1 Å². The zero-order valence-electron chi connectivity index (χ0n) is 11.7. The van der Waals surface area contributed by atoms with Crippen LogP contribution < -0.4 is 10.1 Å². The molecule has 0 aliphatic carbocycles. The van der Waals surface area contributed by atoms with E-state index < -0.39 is 0 Å². The summed E-state index contributed by atoms with van der Waals surface area (Å²) in [6.07, 6.45) is 0. The molecule has 1 atom stereocenters. The van der Waals surface area contributed by atoms with Crippen molar-refractivity contribution in [3.8, 4) is 5.75 Å².